The lowest BCUT2D eigenvalue weighted by atomic mass is 10.1. The van der Waals surface area contributed by atoms with Gasteiger partial charge in [0.05, 0.1) is 0 Å². The third-order valence-electron chi connectivity index (χ3n) is 1.73. The van der Waals surface area contributed by atoms with Crippen LogP contribution in [0, 0.1) is 0 Å². The van der Waals surface area contributed by atoms with Crippen LogP contribution >= 0.6 is 0 Å². The van der Waals surface area contributed by atoms with Crippen LogP contribution in [0.1, 0.15) is 12.5 Å². The van der Waals surface area contributed by atoms with Crippen molar-refractivity contribution >= 4 is 17.9 Å². The first-order valence-electron chi connectivity index (χ1n) is 4.43. The van der Waals surface area contributed by atoms with Crippen LogP contribution < -0.4 is 15.9 Å². The molecule has 0 aromatic heterocycles. The minimum Gasteiger partial charge on any atom is -0.427 e. The summed E-state index contributed by atoms with van der Waals surface area (Å²) in [5.74, 6) is 0.150. The van der Waals surface area contributed by atoms with Crippen molar-refractivity contribution in [1.29, 1.82) is 0 Å². The summed E-state index contributed by atoms with van der Waals surface area (Å²) < 4.78 is 4.88. The summed E-state index contributed by atoms with van der Waals surface area (Å²) in [6.07, 6.45) is 2.97. The number of esters is 1. The van der Waals surface area contributed by atoms with Crippen molar-refractivity contribution in [3.63, 3.8) is 0 Å². The molecule has 0 aliphatic heterocycles. The first-order valence-corrected chi connectivity index (χ1v) is 4.43. The molecule has 0 amide bonds. The highest BCUT2D eigenvalue weighted by Gasteiger charge is 1.99. The summed E-state index contributed by atoms with van der Waals surface area (Å²) >= 11 is 0. The number of rotatable bonds is 3. The first-order chi connectivity index (χ1) is 7.13. The van der Waals surface area contributed by atoms with Crippen molar-refractivity contribution in [1.82, 2.24) is 0 Å². The van der Waals surface area contributed by atoms with Gasteiger partial charge in [0.1, 0.15) is 5.75 Å². The van der Waals surface area contributed by atoms with E-state index in [9.17, 15) is 4.79 Å². The van der Waals surface area contributed by atoms with Crippen LogP contribution in [0.15, 0.2) is 30.3 Å². The molecular formula is C11H13N2O2+. The van der Waals surface area contributed by atoms with Gasteiger partial charge in [-0.25, -0.2) is 0 Å². The Labute approximate surface area is 87.9 Å². The molecule has 0 fully saturated rings. The van der Waals surface area contributed by atoms with Crippen molar-refractivity contribution in [2.45, 2.75) is 6.92 Å². The van der Waals surface area contributed by atoms with Crippen molar-refractivity contribution in [2.75, 3.05) is 0 Å². The molecule has 0 bridgehead atoms. The Bertz CT molecular complexity index is 394. The highest BCUT2D eigenvalue weighted by atomic mass is 16.5. The molecule has 4 N–H and O–H groups in total. The zero-order chi connectivity index (χ0) is 11.3. The van der Waals surface area contributed by atoms with Gasteiger partial charge in [-0.2, -0.15) is 0 Å². The van der Waals surface area contributed by atoms with Gasteiger partial charge >= 0.3 is 5.97 Å². The third-order valence-corrected chi connectivity index (χ3v) is 1.73. The van der Waals surface area contributed by atoms with Gasteiger partial charge in [-0.15, -0.1) is 0 Å². The van der Waals surface area contributed by atoms with Crippen LogP contribution in [-0.4, -0.2) is 12.2 Å². The predicted molar refractivity (Wildman–Crippen MR) is 57.9 cm³/mol. The average molecular weight is 205 g/mol. The highest BCUT2D eigenvalue weighted by molar-refractivity contribution is 5.80. The SMILES string of the molecule is CC(=O)Oc1ccc(C(N)=CC=[NH2+])cc1. The summed E-state index contributed by atoms with van der Waals surface area (Å²) in [6.45, 7) is 1.35. The Morgan fingerprint density at radius 2 is 2.00 bits per heavy atom. The van der Waals surface area contributed by atoms with E-state index in [2.05, 4.69) is 0 Å². The fourth-order valence-corrected chi connectivity index (χ4v) is 1.08. The molecule has 1 aromatic rings. The number of nitrogens with two attached hydrogens (primary N) is 2. The van der Waals surface area contributed by atoms with Gasteiger partial charge in [-0.05, 0) is 29.8 Å². The molecule has 0 aliphatic rings. The molecule has 0 radical (unpaired) electrons. The van der Waals surface area contributed by atoms with Gasteiger partial charge in [0, 0.05) is 18.7 Å². The summed E-state index contributed by atoms with van der Waals surface area (Å²) in [5.41, 5.74) is 7.09. The van der Waals surface area contributed by atoms with Gasteiger partial charge in [0.25, 0.3) is 0 Å². The van der Waals surface area contributed by atoms with Crippen LogP contribution in [0.4, 0.5) is 0 Å². The Hall–Kier alpha value is -2.10. The zero-order valence-corrected chi connectivity index (χ0v) is 8.44. The molecule has 15 heavy (non-hydrogen) atoms. The highest BCUT2D eigenvalue weighted by Crippen LogP contribution is 2.15. The topological polar surface area (TPSA) is 77.9 Å². The van der Waals surface area contributed by atoms with Gasteiger partial charge in [0.15, 0.2) is 6.21 Å². The van der Waals surface area contributed by atoms with Crippen LogP contribution in [0.2, 0.25) is 0 Å². The Morgan fingerprint density at radius 1 is 1.40 bits per heavy atom. The Morgan fingerprint density at radius 3 is 2.47 bits per heavy atom. The Kier molecular flexibility index (Phi) is 3.62. The molecular weight excluding hydrogens is 192 g/mol. The van der Waals surface area contributed by atoms with Crippen molar-refractivity contribution < 1.29 is 14.9 Å². The van der Waals surface area contributed by atoms with E-state index in [-0.39, 0.29) is 5.97 Å². The number of hydrogen-bond donors (Lipinski definition) is 2. The molecule has 0 heterocycles. The van der Waals surface area contributed by atoms with Crippen molar-refractivity contribution in [3.8, 4) is 5.75 Å². The first kappa shape index (κ1) is 11.0. The summed E-state index contributed by atoms with van der Waals surface area (Å²) in [7, 11) is 0. The van der Waals surface area contributed by atoms with E-state index in [1.165, 1.54) is 13.1 Å². The van der Waals surface area contributed by atoms with Crippen molar-refractivity contribution in [3.05, 3.63) is 35.9 Å². The molecule has 0 saturated heterocycles. The van der Waals surface area contributed by atoms with E-state index in [1.54, 1.807) is 30.3 Å². The number of allylic oxidation sites excluding steroid dienone is 1. The van der Waals surface area contributed by atoms with Crippen molar-refractivity contribution in [2.24, 2.45) is 5.73 Å². The lowest BCUT2D eigenvalue weighted by molar-refractivity contribution is -0.131. The maximum absolute atomic E-state index is 10.7. The second-order valence-corrected chi connectivity index (χ2v) is 2.93. The Balaban J connectivity index is 2.85. The standard InChI is InChI=1S/C11H12N2O2/c1-8(14)15-10-4-2-9(3-5-10)11(13)6-7-12/h2-7,12H,13H2,1H3/p+1. The quantitative estimate of drug-likeness (QED) is 0.405. The fraction of sp³-hybridized carbons (Fsp3) is 0.0909. The molecule has 0 spiro atoms. The molecule has 0 saturated carbocycles. The van der Waals surface area contributed by atoms with Crippen LogP contribution in [0.5, 0.6) is 5.75 Å². The third kappa shape index (κ3) is 3.27. The molecule has 4 heteroatoms. The normalized spacial score (nSPS) is 10.9. The molecule has 1 aromatic carbocycles. The molecule has 0 atom stereocenters. The lowest BCUT2D eigenvalue weighted by Gasteiger charge is -2.03. The fourth-order valence-electron chi connectivity index (χ4n) is 1.08. The maximum Gasteiger partial charge on any atom is 0.308 e. The molecule has 0 aliphatic carbocycles. The second kappa shape index (κ2) is 4.95. The summed E-state index contributed by atoms with van der Waals surface area (Å²) in [4.78, 5) is 10.7. The minimum absolute atomic E-state index is 0.346. The smallest absolute Gasteiger partial charge is 0.308 e. The molecule has 4 nitrogen and oxygen atoms in total. The largest absolute Gasteiger partial charge is 0.427 e. The predicted octanol–water partition coefficient (Wildman–Crippen LogP) is -0.259. The lowest BCUT2D eigenvalue weighted by Crippen LogP contribution is -2.28. The molecule has 0 unspecified atom stereocenters. The van der Waals surface area contributed by atoms with Crippen LogP contribution in [-0.2, 0) is 4.79 Å². The average Bonchev–Trinajstić information content (AvgIpc) is 2.18. The van der Waals surface area contributed by atoms with Gasteiger partial charge in [0.2, 0.25) is 0 Å². The zero-order valence-electron chi connectivity index (χ0n) is 8.44. The number of benzene rings is 1. The molecule has 1 rings (SSSR count). The van der Waals surface area contributed by atoms with E-state index in [1.807, 2.05) is 0 Å². The van der Waals surface area contributed by atoms with E-state index in [4.69, 9.17) is 15.9 Å². The number of carbonyl (C=O) groups excluding carboxylic acids is 1. The number of ether oxygens (including phenoxy) is 1. The van der Waals surface area contributed by atoms with E-state index < -0.39 is 0 Å². The van der Waals surface area contributed by atoms with Crippen LogP contribution in [0.25, 0.3) is 5.70 Å². The summed E-state index contributed by atoms with van der Waals surface area (Å²) in [6, 6.07) is 6.86. The molecule has 78 valence electrons. The van der Waals surface area contributed by atoms with E-state index >= 15 is 0 Å². The monoisotopic (exact) mass is 205 g/mol. The van der Waals surface area contributed by atoms with Gasteiger partial charge in [-0.1, -0.05) is 0 Å². The van der Waals surface area contributed by atoms with Gasteiger partial charge in [-0.3, -0.25) is 10.2 Å². The van der Waals surface area contributed by atoms with Gasteiger partial charge < -0.3 is 10.5 Å². The van der Waals surface area contributed by atoms with Crippen LogP contribution in [0.3, 0.4) is 0 Å². The van der Waals surface area contributed by atoms with E-state index in [0.717, 1.165) is 5.56 Å². The van der Waals surface area contributed by atoms with E-state index in [0.29, 0.717) is 11.4 Å². The summed E-state index contributed by atoms with van der Waals surface area (Å²) in [5, 5.41) is 5.21. The second-order valence-electron chi connectivity index (χ2n) is 2.93. The minimum atomic E-state index is -0.346. The number of hydrogen-bond acceptors (Lipinski definition) is 3. The maximum atomic E-state index is 10.7. The number of carbonyl (C=O) groups is 1.